The van der Waals surface area contributed by atoms with Crippen LogP contribution in [-0.2, 0) is 33.3 Å². The second-order valence-corrected chi connectivity index (χ2v) is 10.5. The van der Waals surface area contributed by atoms with Gasteiger partial charge in [0.05, 0.1) is 32.0 Å². The normalized spacial score (nSPS) is 44.5. The molecular weight excluding hydrogens is 610 g/mol. The number of hydrogen-bond donors (Lipinski definition) is 14. The SMILES string of the molecule is O=C(CO)N[C@H]1[C@H]([C@H](O)[C@H](O)CO)O[C@@](O[C@@H]2[C@@H](O)[C@@H](O)O[C@H](CO)[C@@H]2O[C@@H]2O[C@H](CO)[C@H](O)[C@H](O)[C@H]2O)(C(=O)O)C[C@@H]1O. The summed E-state index contributed by atoms with van der Waals surface area (Å²) in [6.07, 6.45) is -28.8. The topological polar surface area (TPSA) is 355 Å². The summed E-state index contributed by atoms with van der Waals surface area (Å²) in [5.74, 6) is -6.25. The molecule has 21 heteroatoms. The second kappa shape index (κ2) is 15.2. The zero-order chi connectivity index (χ0) is 33.1. The highest BCUT2D eigenvalue weighted by Gasteiger charge is 2.60. The number of nitrogens with one attached hydrogen (secondary N) is 1. The van der Waals surface area contributed by atoms with Gasteiger partial charge in [0.15, 0.2) is 12.6 Å². The van der Waals surface area contributed by atoms with Gasteiger partial charge in [-0.3, -0.25) is 4.79 Å². The molecule has 0 spiro atoms. The number of aliphatic carboxylic acids is 1. The first kappa shape index (κ1) is 36.7. The van der Waals surface area contributed by atoms with Crippen LogP contribution in [0.25, 0.3) is 0 Å². The van der Waals surface area contributed by atoms with E-state index in [4.69, 9.17) is 28.8 Å². The highest BCUT2D eigenvalue weighted by atomic mass is 16.8. The third-order valence-corrected chi connectivity index (χ3v) is 7.57. The predicted octanol–water partition coefficient (Wildman–Crippen LogP) is -9.25. The number of carbonyl (C=O) groups excluding carboxylic acids is 1. The lowest BCUT2D eigenvalue weighted by molar-refractivity contribution is -0.390. The third kappa shape index (κ3) is 7.45. The third-order valence-electron chi connectivity index (χ3n) is 7.57. The van der Waals surface area contributed by atoms with E-state index < -0.39 is 142 Å². The van der Waals surface area contributed by atoms with Gasteiger partial charge in [-0.2, -0.15) is 0 Å². The van der Waals surface area contributed by atoms with Crippen LogP contribution in [0.1, 0.15) is 6.42 Å². The summed E-state index contributed by atoms with van der Waals surface area (Å²) in [6.45, 7) is -4.09. The van der Waals surface area contributed by atoms with Crippen molar-refractivity contribution in [2.45, 2.75) is 104 Å². The maximum Gasteiger partial charge on any atom is 0.364 e. The molecule has 0 radical (unpaired) electrons. The Bertz CT molecular complexity index is 959. The Labute approximate surface area is 248 Å². The number of aliphatic hydroxyl groups excluding tert-OH is 12. The molecule has 0 unspecified atom stereocenters. The molecule has 44 heavy (non-hydrogen) atoms. The van der Waals surface area contributed by atoms with Crippen LogP contribution in [0.5, 0.6) is 0 Å². The summed E-state index contributed by atoms with van der Waals surface area (Å²) in [5.41, 5.74) is 0. The summed E-state index contributed by atoms with van der Waals surface area (Å²) >= 11 is 0. The van der Waals surface area contributed by atoms with Crippen LogP contribution < -0.4 is 5.32 Å². The van der Waals surface area contributed by atoms with E-state index in [9.17, 15) is 70.9 Å². The van der Waals surface area contributed by atoms with E-state index in [-0.39, 0.29) is 0 Å². The quantitative estimate of drug-likeness (QED) is 0.0932. The van der Waals surface area contributed by atoms with E-state index in [0.717, 1.165) is 0 Å². The van der Waals surface area contributed by atoms with Crippen LogP contribution in [0.4, 0.5) is 0 Å². The number of rotatable bonds is 12. The first-order chi connectivity index (χ1) is 20.7. The molecule has 21 nitrogen and oxygen atoms in total. The van der Waals surface area contributed by atoms with Gasteiger partial charge in [-0.25, -0.2) is 4.79 Å². The smallest absolute Gasteiger partial charge is 0.364 e. The van der Waals surface area contributed by atoms with Gasteiger partial charge in [0.2, 0.25) is 5.91 Å². The number of carboxylic acids is 1. The molecule has 0 aromatic rings. The first-order valence-corrected chi connectivity index (χ1v) is 13.4. The Hall–Kier alpha value is -1.74. The Morgan fingerprint density at radius 1 is 0.864 bits per heavy atom. The molecule has 0 saturated carbocycles. The number of carboxylic acid groups (broad SMARTS) is 1. The van der Waals surface area contributed by atoms with Gasteiger partial charge < -0.3 is 95.4 Å². The lowest BCUT2D eigenvalue weighted by atomic mass is 9.88. The van der Waals surface area contributed by atoms with Crippen molar-refractivity contribution >= 4 is 11.9 Å². The van der Waals surface area contributed by atoms with Gasteiger partial charge in [-0.15, -0.1) is 0 Å². The Kier molecular flexibility index (Phi) is 12.7. The van der Waals surface area contributed by atoms with Crippen LogP contribution in [0.2, 0.25) is 0 Å². The van der Waals surface area contributed by atoms with Crippen LogP contribution in [-0.4, -0.2) is 202 Å². The highest BCUT2D eigenvalue weighted by molar-refractivity contribution is 5.78. The lowest BCUT2D eigenvalue weighted by Gasteiger charge is -2.51. The Balaban J connectivity index is 2.01. The van der Waals surface area contributed by atoms with E-state index in [0.29, 0.717) is 0 Å². The zero-order valence-corrected chi connectivity index (χ0v) is 22.9. The van der Waals surface area contributed by atoms with Crippen molar-refractivity contribution in [2.75, 3.05) is 26.4 Å². The number of aliphatic hydroxyl groups is 12. The average molecular weight is 650 g/mol. The molecule has 3 heterocycles. The highest BCUT2D eigenvalue weighted by Crippen LogP contribution is 2.38. The molecule has 3 rings (SSSR count). The minimum Gasteiger partial charge on any atom is -0.477 e. The standard InChI is InChI=1S/C23H39NO20/c25-2-7(30)12(32)18-11(24-10(31)5-28)6(29)1-23(43-18,22(38)39)44-19-16(36)20(37)40-9(4-27)17(19)42-21-15(35)14(34)13(33)8(3-26)41-21/h6-9,11-21,25-30,32-37H,1-5H2,(H,24,31)(H,38,39)/t6-,7+,8+,9+,11+,12+,13-,14-,15+,16+,17-,18+,19+,20-,21-,23-/m0/s1. The van der Waals surface area contributed by atoms with Crippen LogP contribution in [0, 0.1) is 0 Å². The van der Waals surface area contributed by atoms with E-state index >= 15 is 0 Å². The van der Waals surface area contributed by atoms with Crippen molar-refractivity contribution in [1.29, 1.82) is 0 Å². The predicted molar refractivity (Wildman–Crippen MR) is 131 cm³/mol. The van der Waals surface area contributed by atoms with Crippen LogP contribution >= 0.6 is 0 Å². The van der Waals surface area contributed by atoms with Crippen molar-refractivity contribution in [3.8, 4) is 0 Å². The lowest BCUT2D eigenvalue weighted by Crippen LogP contribution is -2.71. The molecule has 0 bridgehead atoms. The number of carbonyl (C=O) groups is 2. The van der Waals surface area contributed by atoms with E-state index in [1.54, 1.807) is 0 Å². The molecule has 3 saturated heterocycles. The Morgan fingerprint density at radius 2 is 1.50 bits per heavy atom. The van der Waals surface area contributed by atoms with Crippen molar-refractivity contribution in [3.63, 3.8) is 0 Å². The maximum atomic E-state index is 12.6. The molecule has 16 atom stereocenters. The average Bonchev–Trinajstić information content (AvgIpc) is 3.00. The monoisotopic (exact) mass is 649 g/mol. The molecule has 3 aliphatic rings. The van der Waals surface area contributed by atoms with Crippen molar-refractivity contribution in [1.82, 2.24) is 5.32 Å². The van der Waals surface area contributed by atoms with Crippen LogP contribution in [0.3, 0.4) is 0 Å². The number of ether oxygens (including phenoxy) is 5. The maximum absolute atomic E-state index is 12.6. The molecule has 14 N–H and O–H groups in total. The van der Waals surface area contributed by atoms with Gasteiger partial charge in [0, 0.05) is 6.42 Å². The van der Waals surface area contributed by atoms with Gasteiger partial charge in [-0.1, -0.05) is 0 Å². The largest absolute Gasteiger partial charge is 0.477 e. The molecular formula is C23H39NO20. The summed E-state index contributed by atoms with van der Waals surface area (Å²) in [4.78, 5) is 24.5. The minimum absolute atomic E-state index is 0.873. The summed E-state index contributed by atoms with van der Waals surface area (Å²) in [7, 11) is 0. The van der Waals surface area contributed by atoms with Crippen LogP contribution in [0.15, 0.2) is 0 Å². The Morgan fingerprint density at radius 3 is 2.05 bits per heavy atom. The molecule has 1 amide bonds. The molecule has 0 aromatic carbocycles. The van der Waals surface area contributed by atoms with Crippen molar-refractivity contribution in [3.05, 3.63) is 0 Å². The summed E-state index contributed by atoms with van der Waals surface area (Å²) < 4.78 is 27.0. The summed E-state index contributed by atoms with van der Waals surface area (Å²) in [6, 6.07) is -1.71. The van der Waals surface area contributed by atoms with Gasteiger partial charge >= 0.3 is 5.97 Å². The molecule has 3 aliphatic heterocycles. The van der Waals surface area contributed by atoms with Gasteiger partial charge in [0.1, 0.15) is 73.8 Å². The zero-order valence-electron chi connectivity index (χ0n) is 22.9. The minimum atomic E-state index is -3.11. The summed E-state index contributed by atoms with van der Waals surface area (Å²) in [5, 5.41) is 133. The van der Waals surface area contributed by atoms with Gasteiger partial charge in [-0.05, 0) is 0 Å². The first-order valence-electron chi connectivity index (χ1n) is 13.4. The molecule has 0 aliphatic carbocycles. The van der Waals surface area contributed by atoms with Crippen molar-refractivity contribution in [2.24, 2.45) is 0 Å². The molecule has 256 valence electrons. The molecule has 3 fully saturated rings. The van der Waals surface area contributed by atoms with E-state index in [1.807, 2.05) is 0 Å². The fraction of sp³-hybridized carbons (Fsp3) is 0.913. The van der Waals surface area contributed by atoms with Crippen molar-refractivity contribution < 1.29 is 99.7 Å². The van der Waals surface area contributed by atoms with E-state index in [2.05, 4.69) is 5.32 Å². The molecule has 0 aromatic heterocycles. The fourth-order valence-corrected chi connectivity index (χ4v) is 5.15. The van der Waals surface area contributed by atoms with Gasteiger partial charge in [0.25, 0.3) is 5.79 Å². The number of hydrogen-bond acceptors (Lipinski definition) is 19. The fourth-order valence-electron chi connectivity index (χ4n) is 5.15. The second-order valence-electron chi connectivity index (χ2n) is 10.5. The number of amides is 1. The van der Waals surface area contributed by atoms with E-state index in [1.165, 1.54) is 0 Å².